The number of aliphatic carboxylic acids is 2. The van der Waals surface area contributed by atoms with Crippen molar-refractivity contribution in [1.82, 2.24) is 0 Å². The smallest absolute Gasteiger partial charge is 0.343 e. The van der Waals surface area contributed by atoms with Gasteiger partial charge >= 0.3 is 11.9 Å². The van der Waals surface area contributed by atoms with Crippen molar-refractivity contribution in [3.8, 4) is 0 Å². The number of rotatable bonds is 7. The molecule has 0 unspecified atom stereocenters. The van der Waals surface area contributed by atoms with Crippen LogP contribution in [0.15, 0.2) is 0 Å². The van der Waals surface area contributed by atoms with Crippen LogP contribution in [-0.2, 0) is 9.59 Å². The van der Waals surface area contributed by atoms with Gasteiger partial charge in [-0.2, -0.15) is 0 Å². The lowest BCUT2D eigenvalue weighted by Crippen LogP contribution is -2.68. The molecule has 0 bridgehead atoms. The van der Waals surface area contributed by atoms with E-state index in [1.165, 1.54) is 0 Å². The summed E-state index contributed by atoms with van der Waals surface area (Å²) in [5.41, 5.74) is 0. The van der Waals surface area contributed by atoms with Crippen LogP contribution in [0.5, 0.6) is 0 Å². The molecule has 0 atom stereocenters. The van der Waals surface area contributed by atoms with Gasteiger partial charge < -0.3 is 10.2 Å². The highest BCUT2D eigenvalue weighted by Crippen LogP contribution is 2.68. The Kier molecular flexibility index (Phi) is 8.46. The molecule has 0 amide bonds. The summed E-state index contributed by atoms with van der Waals surface area (Å²) in [7, 11) is 0. The van der Waals surface area contributed by atoms with Crippen molar-refractivity contribution in [2.45, 2.75) is 26.0 Å². The summed E-state index contributed by atoms with van der Waals surface area (Å²) in [5.74, 6) is -4.02. The number of hydrogen-bond donors (Lipinski definition) is 2. The molecule has 0 aliphatic rings. The fraction of sp³-hybridized carbons (Fsp3) is 0.750. The highest BCUT2D eigenvalue weighted by atomic mass is 35.6. The van der Waals surface area contributed by atoms with E-state index in [9.17, 15) is 9.59 Å². The van der Waals surface area contributed by atoms with Crippen molar-refractivity contribution in [3.05, 3.63) is 0 Å². The van der Waals surface area contributed by atoms with Gasteiger partial charge in [-0.25, -0.2) is 9.59 Å². The molecule has 0 heterocycles. The lowest BCUT2D eigenvalue weighted by atomic mass is 10.0. The van der Waals surface area contributed by atoms with Crippen LogP contribution in [0.4, 0.5) is 0 Å². The first-order chi connectivity index (χ1) is 10.1. The Morgan fingerprint density at radius 2 is 0.625 bits per heavy atom. The number of halogens is 12. The first kappa shape index (κ1) is 26.4. The van der Waals surface area contributed by atoms with Gasteiger partial charge in [0.25, 0.3) is 0 Å². The maximum atomic E-state index is 11.1. The zero-order chi connectivity index (χ0) is 20.2. The normalized spacial score (nSPS) is 15.3. The predicted octanol–water partition coefficient (Wildman–Crippen LogP) is 6.20. The fourth-order valence-electron chi connectivity index (χ4n) is 1.06. The molecule has 0 aromatic carbocycles. The van der Waals surface area contributed by atoms with Gasteiger partial charge in [-0.3, -0.25) is 0 Å². The van der Waals surface area contributed by atoms with E-state index in [2.05, 4.69) is 0 Å². The molecule has 0 saturated heterocycles. The Morgan fingerprint density at radius 3 is 0.750 bits per heavy atom. The van der Waals surface area contributed by atoms with Crippen LogP contribution in [0.2, 0.25) is 0 Å². The standard InChI is InChI=1S/C8H2Cl12O4/c9-3(10,1(21)22)5(13,14)7(17,18)8(19,20)6(15,16)4(11,12)2(23)24/h(H,21,22)(H,23,24). The van der Waals surface area contributed by atoms with Gasteiger partial charge in [0.15, 0.2) is 17.3 Å². The van der Waals surface area contributed by atoms with Crippen LogP contribution in [-0.4, -0.2) is 48.2 Å². The maximum Gasteiger partial charge on any atom is 0.343 e. The molecule has 0 aromatic heterocycles. The molecule has 0 saturated carbocycles. The number of carbonyl (C=O) groups is 2. The van der Waals surface area contributed by atoms with Gasteiger partial charge in [-0.05, 0) is 0 Å². The Balaban J connectivity index is 6.48. The summed E-state index contributed by atoms with van der Waals surface area (Å²) in [5, 5.41) is 18.0. The molecule has 0 rings (SSSR count). The van der Waals surface area contributed by atoms with Crippen molar-refractivity contribution < 1.29 is 19.8 Å². The third-order valence-electron chi connectivity index (χ3n) is 2.51. The summed E-state index contributed by atoms with van der Waals surface area (Å²) < 4.78 is -18.8. The van der Waals surface area contributed by atoms with Crippen LogP contribution >= 0.6 is 139 Å². The minimum atomic E-state index is -3.15. The molecule has 16 heteroatoms. The summed E-state index contributed by atoms with van der Waals surface area (Å²) >= 11 is 68.7. The Bertz CT molecular complexity index is 491. The predicted molar refractivity (Wildman–Crippen MR) is 102 cm³/mol. The third-order valence-corrected chi connectivity index (χ3v) is 10.8. The monoisotopic (exact) mass is 582 g/mol. The lowest BCUT2D eigenvalue weighted by Gasteiger charge is -2.50. The number of alkyl halides is 12. The molecule has 0 fully saturated rings. The molecule has 0 radical (unpaired) electrons. The maximum absolute atomic E-state index is 11.1. The second-order valence-electron chi connectivity index (χ2n) is 4.06. The van der Waals surface area contributed by atoms with Gasteiger partial charge in [0.05, 0.1) is 0 Å². The molecule has 0 spiro atoms. The van der Waals surface area contributed by atoms with Crippen LogP contribution in [0, 0.1) is 0 Å². The van der Waals surface area contributed by atoms with E-state index in [0.717, 1.165) is 0 Å². The lowest BCUT2D eigenvalue weighted by molar-refractivity contribution is -0.139. The van der Waals surface area contributed by atoms with E-state index in [4.69, 9.17) is 149 Å². The molecule has 2 N–H and O–H groups in total. The summed E-state index contributed by atoms with van der Waals surface area (Å²) in [6.45, 7) is 0. The van der Waals surface area contributed by atoms with Crippen LogP contribution in [0.25, 0.3) is 0 Å². The zero-order valence-electron chi connectivity index (χ0n) is 10.2. The molecular weight excluding hydrogens is 586 g/mol. The highest BCUT2D eigenvalue weighted by molar-refractivity contribution is 6.80. The van der Waals surface area contributed by atoms with Gasteiger partial charge in [0.2, 0.25) is 8.67 Å². The summed E-state index contributed by atoms with van der Waals surface area (Å²) in [6.07, 6.45) is 0. The molecule has 0 aromatic rings. The molecular formula is C8H2Cl12O4. The SMILES string of the molecule is O=C(O)C(Cl)(Cl)C(Cl)(Cl)C(Cl)(Cl)C(Cl)(Cl)C(Cl)(Cl)C(Cl)(Cl)C(=O)O. The highest BCUT2D eigenvalue weighted by Gasteiger charge is 2.79. The van der Waals surface area contributed by atoms with Gasteiger partial charge in [0.1, 0.15) is 0 Å². The van der Waals surface area contributed by atoms with Gasteiger partial charge in [0, 0.05) is 0 Å². The largest absolute Gasteiger partial charge is 0.479 e. The van der Waals surface area contributed by atoms with Crippen molar-refractivity contribution in [3.63, 3.8) is 0 Å². The minimum absolute atomic E-state index is 2.01. The zero-order valence-corrected chi connectivity index (χ0v) is 19.3. The average Bonchev–Trinajstić information content (AvgIpc) is 2.36. The molecule has 24 heavy (non-hydrogen) atoms. The fourth-order valence-corrected chi connectivity index (χ4v) is 4.42. The van der Waals surface area contributed by atoms with Crippen LogP contribution in [0.1, 0.15) is 0 Å². The van der Waals surface area contributed by atoms with E-state index in [0.29, 0.717) is 0 Å². The van der Waals surface area contributed by atoms with E-state index in [1.54, 1.807) is 0 Å². The van der Waals surface area contributed by atoms with Crippen LogP contribution in [0.3, 0.4) is 0 Å². The molecule has 0 aliphatic carbocycles. The first-order valence-corrected chi connectivity index (χ1v) is 9.41. The van der Waals surface area contributed by atoms with E-state index >= 15 is 0 Å². The van der Waals surface area contributed by atoms with Crippen molar-refractivity contribution in [1.29, 1.82) is 0 Å². The van der Waals surface area contributed by atoms with Crippen molar-refractivity contribution in [2.75, 3.05) is 0 Å². The van der Waals surface area contributed by atoms with Gasteiger partial charge in [-0.15, -0.1) is 0 Å². The molecule has 0 aliphatic heterocycles. The minimum Gasteiger partial charge on any atom is -0.479 e. The van der Waals surface area contributed by atoms with E-state index in [1.807, 2.05) is 0 Å². The van der Waals surface area contributed by atoms with Crippen molar-refractivity contribution in [2.24, 2.45) is 0 Å². The van der Waals surface area contributed by atoms with Crippen molar-refractivity contribution >= 4 is 151 Å². The second-order valence-corrected chi connectivity index (χ2v) is 12.0. The summed E-state index contributed by atoms with van der Waals surface area (Å²) in [6, 6.07) is 0. The Hall–Kier alpha value is 2.42. The van der Waals surface area contributed by atoms with Gasteiger partial charge in [-0.1, -0.05) is 139 Å². The third kappa shape index (κ3) is 3.79. The average molecular weight is 588 g/mol. The number of carboxylic acids is 2. The Morgan fingerprint density at radius 1 is 0.458 bits per heavy atom. The second kappa shape index (κ2) is 7.68. The van der Waals surface area contributed by atoms with Crippen LogP contribution < -0.4 is 0 Å². The molecule has 4 nitrogen and oxygen atoms in total. The number of hydrogen-bond acceptors (Lipinski definition) is 2. The first-order valence-electron chi connectivity index (χ1n) is 4.87. The van der Waals surface area contributed by atoms with E-state index < -0.39 is 37.9 Å². The number of carboxylic acid groups (broad SMARTS) is 2. The topological polar surface area (TPSA) is 74.6 Å². The van der Waals surface area contributed by atoms with E-state index in [-0.39, 0.29) is 0 Å². The molecule has 142 valence electrons. The quantitative estimate of drug-likeness (QED) is 0.348. The summed E-state index contributed by atoms with van der Waals surface area (Å²) in [4.78, 5) is 22.3. The Labute approximate surface area is 195 Å².